The quantitative estimate of drug-likeness (QED) is 0.658. The number of hydrogen-bond donors (Lipinski definition) is 3. The first-order valence-corrected chi connectivity index (χ1v) is 9.81. The van der Waals surface area contributed by atoms with Gasteiger partial charge in [0.25, 0.3) is 10.0 Å². The molecule has 6 nitrogen and oxygen atoms in total. The van der Waals surface area contributed by atoms with Gasteiger partial charge in [0.15, 0.2) is 0 Å². The molecule has 0 aliphatic heterocycles. The van der Waals surface area contributed by atoms with Crippen molar-refractivity contribution < 1.29 is 26.4 Å². The summed E-state index contributed by atoms with van der Waals surface area (Å²) in [5.74, 6) is 0.278. The molecule has 0 saturated heterocycles. The predicted octanol–water partition coefficient (Wildman–Crippen LogP) is 4.28. The summed E-state index contributed by atoms with van der Waals surface area (Å²) >= 11 is 0. The van der Waals surface area contributed by atoms with E-state index in [2.05, 4.69) is 15.4 Å². The molecule has 0 fully saturated rings. The van der Waals surface area contributed by atoms with Crippen LogP contribution in [0.3, 0.4) is 0 Å². The second-order valence-corrected chi connectivity index (χ2v) is 8.12. The van der Waals surface area contributed by atoms with Gasteiger partial charge in [0, 0.05) is 17.9 Å². The minimum Gasteiger partial charge on any atom is -0.338 e. The SMILES string of the molecule is CC(C)CNC(=O)Nc1ccc(S(=O)(=O)Nc2cccc(C(F)(F)F)c2)cc1. The Bertz CT molecular complexity index is 927. The molecule has 0 aliphatic carbocycles. The third kappa shape index (κ3) is 6.15. The van der Waals surface area contributed by atoms with Crippen LogP contribution in [-0.4, -0.2) is 21.0 Å². The van der Waals surface area contributed by atoms with Crippen molar-refractivity contribution in [2.24, 2.45) is 5.92 Å². The third-order valence-electron chi connectivity index (χ3n) is 3.54. The van der Waals surface area contributed by atoms with Crippen molar-refractivity contribution in [2.45, 2.75) is 24.9 Å². The molecular formula is C18H20F3N3O3S. The van der Waals surface area contributed by atoms with Gasteiger partial charge in [-0.2, -0.15) is 13.2 Å². The van der Waals surface area contributed by atoms with Gasteiger partial charge in [-0.05, 0) is 48.4 Å². The molecule has 0 bridgehead atoms. The monoisotopic (exact) mass is 415 g/mol. The number of anilines is 2. The molecule has 0 radical (unpaired) electrons. The average Bonchev–Trinajstić information content (AvgIpc) is 2.59. The fraction of sp³-hybridized carbons (Fsp3) is 0.278. The first-order valence-electron chi connectivity index (χ1n) is 8.32. The van der Waals surface area contributed by atoms with Crippen LogP contribution in [0.25, 0.3) is 0 Å². The first-order chi connectivity index (χ1) is 13.0. The lowest BCUT2D eigenvalue weighted by Gasteiger charge is -2.12. The van der Waals surface area contributed by atoms with Crippen molar-refractivity contribution >= 4 is 27.4 Å². The van der Waals surface area contributed by atoms with Crippen molar-refractivity contribution in [3.8, 4) is 0 Å². The largest absolute Gasteiger partial charge is 0.416 e. The van der Waals surface area contributed by atoms with Crippen molar-refractivity contribution in [3.63, 3.8) is 0 Å². The molecule has 0 atom stereocenters. The number of amides is 2. The van der Waals surface area contributed by atoms with E-state index in [-0.39, 0.29) is 16.5 Å². The maximum atomic E-state index is 12.8. The molecule has 3 N–H and O–H groups in total. The lowest BCUT2D eigenvalue weighted by Crippen LogP contribution is -2.31. The number of urea groups is 1. The van der Waals surface area contributed by atoms with Crippen LogP contribution in [0.2, 0.25) is 0 Å². The summed E-state index contributed by atoms with van der Waals surface area (Å²) in [7, 11) is -4.09. The number of nitrogens with one attached hydrogen (secondary N) is 3. The van der Waals surface area contributed by atoms with Crippen LogP contribution in [0.5, 0.6) is 0 Å². The molecule has 2 rings (SSSR count). The van der Waals surface area contributed by atoms with E-state index in [1.165, 1.54) is 30.3 Å². The zero-order chi connectivity index (χ0) is 20.9. The Kier molecular flexibility index (Phi) is 6.55. The average molecular weight is 415 g/mol. The number of carbonyl (C=O) groups excluding carboxylic acids is 1. The molecule has 28 heavy (non-hydrogen) atoms. The summed E-state index contributed by atoms with van der Waals surface area (Å²) in [6.45, 7) is 4.37. The number of sulfonamides is 1. The van der Waals surface area contributed by atoms with Crippen LogP contribution in [0.4, 0.5) is 29.3 Å². The molecule has 0 unspecified atom stereocenters. The number of rotatable bonds is 6. The molecular weight excluding hydrogens is 395 g/mol. The molecule has 0 aliphatic rings. The minimum atomic E-state index is -4.58. The van der Waals surface area contributed by atoms with Crippen molar-refractivity contribution in [1.29, 1.82) is 0 Å². The van der Waals surface area contributed by atoms with E-state index >= 15 is 0 Å². The van der Waals surface area contributed by atoms with E-state index in [9.17, 15) is 26.4 Å². The fourth-order valence-electron chi connectivity index (χ4n) is 2.16. The summed E-state index contributed by atoms with van der Waals surface area (Å²) in [5, 5.41) is 5.21. The normalized spacial score (nSPS) is 11.9. The van der Waals surface area contributed by atoms with E-state index in [1.807, 2.05) is 13.8 Å². The fourth-order valence-corrected chi connectivity index (χ4v) is 3.21. The Morgan fingerprint density at radius 1 is 1.04 bits per heavy atom. The highest BCUT2D eigenvalue weighted by Gasteiger charge is 2.30. The first kappa shape index (κ1) is 21.5. The predicted molar refractivity (Wildman–Crippen MR) is 101 cm³/mol. The lowest BCUT2D eigenvalue weighted by atomic mass is 10.2. The Hall–Kier alpha value is -2.75. The van der Waals surface area contributed by atoms with Gasteiger partial charge in [-0.25, -0.2) is 13.2 Å². The van der Waals surface area contributed by atoms with Crippen LogP contribution in [0.1, 0.15) is 19.4 Å². The van der Waals surface area contributed by atoms with Crippen LogP contribution >= 0.6 is 0 Å². The summed E-state index contributed by atoms with van der Waals surface area (Å²) in [5.41, 5.74) is -0.788. The highest BCUT2D eigenvalue weighted by atomic mass is 32.2. The van der Waals surface area contributed by atoms with Crippen LogP contribution in [-0.2, 0) is 16.2 Å². The molecule has 152 valence electrons. The van der Waals surface area contributed by atoms with Crippen molar-refractivity contribution in [3.05, 3.63) is 54.1 Å². The number of halogens is 3. The number of carbonyl (C=O) groups is 1. The van der Waals surface area contributed by atoms with Gasteiger partial charge in [-0.15, -0.1) is 0 Å². The number of benzene rings is 2. The van der Waals surface area contributed by atoms with E-state index in [4.69, 9.17) is 0 Å². The third-order valence-corrected chi connectivity index (χ3v) is 4.93. The van der Waals surface area contributed by atoms with Gasteiger partial charge < -0.3 is 10.6 Å². The second-order valence-electron chi connectivity index (χ2n) is 6.44. The molecule has 0 heterocycles. The zero-order valence-electron chi connectivity index (χ0n) is 15.2. The smallest absolute Gasteiger partial charge is 0.338 e. The zero-order valence-corrected chi connectivity index (χ0v) is 16.0. The highest BCUT2D eigenvalue weighted by Crippen LogP contribution is 2.31. The summed E-state index contributed by atoms with van der Waals surface area (Å²) in [4.78, 5) is 11.6. The van der Waals surface area contributed by atoms with Crippen LogP contribution in [0.15, 0.2) is 53.4 Å². The van der Waals surface area contributed by atoms with Crippen LogP contribution in [0, 0.1) is 5.92 Å². The van der Waals surface area contributed by atoms with Gasteiger partial charge in [0.2, 0.25) is 0 Å². The second kappa shape index (κ2) is 8.51. The van der Waals surface area contributed by atoms with Gasteiger partial charge in [0.1, 0.15) is 0 Å². The molecule has 0 aromatic heterocycles. The topological polar surface area (TPSA) is 87.3 Å². The standard InChI is InChI=1S/C18H20F3N3O3S/c1-12(2)11-22-17(25)23-14-6-8-16(9-7-14)28(26,27)24-15-5-3-4-13(10-15)18(19,20)21/h3-10,12,24H,11H2,1-2H3,(H2,22,23,25). The molecule has 2 amide bonds. The van der Waals surface area contributed by atoms with Crippen molar-refractivity contribution in [2.75, 3.05) is 16.6 Å². The maximum absolute atomic E-state index is 12.8. The molecule has 10 heteroatoms. The molecule has 0 spiro atoms. The van der Waals surface area contributed by atoms with Gasteiger partial charge >= 0.3 is 12.2 Å². The Morgan fingerprint density at radius 3 is 2.25 bits per heavy atom. The van der Waals surface area contributed by atoms with E-state index in [0.29, 0.717) is 18.3 Å². The lowest BCUT2D eigenvalue weighted by molar-refractivity contribution is -0.137. The Balaban J connectivity index is 2.09. The highest BCUT2D eigenvalue weighted by molar-refractivity contribution is 7.92. The number of alkyl halides is 3. The summed E-state index contributed by atoms with van der Waals surface area (Å²) < 4.78 is 65.1. The van der Waals surface area contributed by atoms with E-state index < -0.39 is 27.8 Å². The minimum absolute atomic E-state index is 0.155. The van der Waals surface area contributed by atoms with E-state index in [0.717, 1.165) is 12.1 Å². The Labute approximate surface area is 161 Å². The van der Waals surface area contributed by atoms with E-state index in [1.54, 1.807) is 0 Å². The summed E-state index contributed by atoms with van der Waals surface area (Å²) in [6, 6.07) is 8.74. The van der Waals surface area contributed by atoms with Crippen molar-refractivity contribution in [1.82, 2.24) is 5.32 Å². The molecule has 2 aromatic carbocycles. The van der Waals surface area contributed by atoms with Gasteiger partial charge in [-0.1, -0.05) is 19.9 Å². The maximum Gasteiger partial charge on any atom is 0.416 e. The molecule has 0 saturated carbocycles. The Morgan fingerprint density at radius 2 is 1.68 bits per heavy atom. The van der Waals surface area contributed by atoms with Gasteiger partial charge in [-0.3, -0.25) is 4.72 Å². The number of hydrogen-bond acceptors (Lipinski definition) is 3. The van der Waals surface area contributed by atoms with Gasteiger partial charge in [0.05, 0.1) is 10.5 Å². The molecule has 2 aromatic rings. The summed E-state index contributed by atoms with van der Waals surface area (Å²) in [6.07, 6.45) is -4.58. The van der Waals surface area contributed by atoms with Crippen LogP contribution < -0.4 is 15.4 Å².